The average Bonchev–Trinajstić information content (AvgIpc) is 2.47. The third kappa shape index (κ3) is 2.72. The fraction of sp³-hybridized carbons (Fsp3) is 0.368. The van der Waals surface area contributed by atoms with E-state index in [1.807, 2.05) is 0 Å². The number of benzene rings is 2. The summed E-state index contributed by atoms with van der Waals surface area (Å²) in [6, 6.07) is 18.1. The highest BCUT2D eigenvalue weighted by molar-refractivity contribution is 5.53. The second kappa shape index (κ2) is 5.70. The van der Waals surface area contributed by atoms with Gasteiger partial charge in [0.1, 0.15) is 0 Å². The minimum absolute atomic E-state index is 0.560. The Balaban J connectivity index is 1.77. The molecule has 1 atom stereocenters. The fourth-order valence-electron chi connectivity index (χ4n) is 3.17. The van der Waals surface area contributed by atoms with Crippen LogP contribution in [0.5, 0.6) is 0 Å². The molecule has 0 fully saturated rings. The van der Waals surface area contributed by atoms with Gasteiger partial charge in [-0.15, -0.1) is 0 Å². The van der Waals surface area contributed by atoms with Crippen molar-refractivity contribution in [3.63, 3.8) is 0 Å². The maximum absolute atomic E-state index is 3.77. The Morgan fingerprint density at radius 3 is 2.45 bits per heavy atom. The van der Waals surface area contributed by atoms with Gasteiger partial charge in [0.05, 0.1) is 0 Å². The van der Waals surface area contributed by atoms with Gasteiger partial charge >= 0.3 is 0 Å². The standard InChI is InChI=1S/C19H23N/c1-14(2)18-9-5-6-10-19(18)20-17-12-11-15-7-3-4-8-16(15)13-17/h3-10,14,17,20H,11-13H2,1-2H3. The number of anilines is 1. The number of fused-ring (bicyclic) bond motifs is 1. The molecule has 0 aromatic heterocycles. The van der Waals surface area contributed by atoms with Gasteiger partial charge in [-0.3, -0.25) is 0 Å². The van der Waals surface area contributed by atoms with E-state index in [0.29, 0.717) is 12.0 Å². The molecule has 2 aromatic rings. The van der Waals surface area contributed by atoms with E-state index in [4.69, 9.17) is 0 Å². The molecule has 1 aliphatic rings. The van der Waals surface area contributed by atoms with Crippen LogP contribution >= 0.6 is 0 Å². The fourth-order valence-corrected chi connectivity index (χ4v) is 3.17. The molecule has 1 heteroatoms. The number of hydrogen-bond acceptors (Lipinski definition) is 1. The predicted octanol–water partition coefficient (Wildman–Crippen LogP) is 4.78. The molecule has 1 nitrogen and oxygen atoms in total. The normalized spacial score (nSPS) is 17.9. The quantitative estimate of drug-likeness (QED) is 0.842. The second-order valence-electron chi connectivity index (χ2n) is 6.09. The minimum atomic E-state index is 0.560. The molecule has 0 bridgehead atoms. The Morgan fingerprint density at radius 1 is 0.950 bits per heavy atom. The van der Waals surface area contributed by atoms with E-state index in [0.717, 1.165) is 6.42 Å². The zero-order valence-electron chi connectivity index (χ0n) is 12.4. The Morgan fingerprint density at radius 2 is 1.65 bits per heavy atom. The largest absolute Gasteiger partial charge is 0.382 e. The van der Waals surface area contributed by atoms with Gasteiger partial charge in [-0.25, -0.2) is 0 Å². The van der Waals surface area contributed by atoms with Crippen LogP contribution in [-0.4, -0.2) is 6.04 Å². The third-order valence-corrected chi connectivity index (χ3v) is 4.29. The maximum atomic E-state index is 3.77. The Bertz CT molecular complexity index is 586. The molecule has 0 saturated carbocycles. The molecule has 1 N–H and O–H groups in total. The van der Waals surface area contributed by atoms with Gasteiger partial charge in [-0.05, 0) is 47.9 Å². The van der Waals surface area contributed by atoms with Gasteiger partial charge in [0, 0.05) is 11.7 Å². The first-order chi connectivity index (χ1) is 9.74. The Kier molecular flexibility index (Phi) is 3.77. The van der Waals surface area contributed by atoms with E-state index in [1.54, 1.807) is 0 Å². The number of hydrogen-bond donors (Lipinski definition) is 1. The van der Waals surface area contributed by atoms with Gasteiger partial charge < -0.3 is 5.32 Å². The van der Waals surface area contributed by atoms with Gasteiger partial charge in [0.25, 0.3) is 0 Å². The molecule has 0 amide bonds. The van der Waals surface area contributed by atoms with E-state index in [2.05, 4.69) is 67.7 Å². The molecule has 0 saturated heterocycles. The van der Waals surface area contributed by atoms with Crippen LogP contribution in [0.1, 0.15) is 42.9 Å². The lowest BCUT2D eigenvalue weighted by Gasteiger charge is -2.27. The first-order valence-electron chi connectivity index (χ1n) is 7.66. The van der Waals surface area contributed by atoms with Crippen molar-refractivity contribution in [2.75, 3.05) is 5.32 Å². The Labute approximate surface area is 122 Å². The van der Waals surface area contributed by atoms with Crippen molar-refractivity contribution >= 4 is 5.69 Å². The van der Waals surface area contributed by atoms with Gasteiger partial charge in [-0.2, -0.15) is 0 Å². The van der Waals surface area contributed by atoms with Gasteiger partial charge in [0.15, 0.2) is 0 Å². The molecule has 0 aliphatic heterocycles. The molecule has 1 aliphatic carbocycles. The van der Waals surface area contributed by atoms with E-state index >= 15 is 0 Å². The van der Waals surface area contributed by atoms with Crippen molar-refractivity contribution in [2.24, 2.45) is 0 Å². The van der Waals surface area contributed by atoms with E-state index in [-0.39, 0.29) is 0 Å². The molecular weight excluding hydrogens is 242 g/mol. The monoisotopic (exact) mass is 265 g/mol. The minimum Gasteiger partial charge on any atom is -0.382 e. The van der Waals surface area contributed by atoms with E-state index in [9.17, 15) is 0 Å². The highest BCUT2D eigenvalue weighted by Gasteiger charge is 2.19. The lowest BCUT2D eigenvalue weighted by Crippen LogP contribution is -2.27. The van der Waals surface area contributed by atoms with E-state index in [1.165, 1.54) is 35.2 Å². The lowest BCUT2D eigenvalue weighted by molar-refractivity contribution is 0.609. The number of aryl methyl sites for hydroxylation is 1. The summed E-state index contributed by atoms with van der Waals surface area (Å²) in [7, 11) is 0. The lowest BCUT2D eigenvalue weighted by atomic mass is 9.88. The zero-order chi connectivity index (χ0) is 13.9. The molecule has 1 unspecified atom stereocenters. The molecular formula is C19H23N. The van der Waals surface area contributed by atoms with Crippen LogP contribution < -0.4 is 5.32 Å². The predicted molar refractivity (Wildman–Crippen MR) is 86.4 cm³/mol. The summed E-state index contributed by atoms with van der Waals surface area (Å²) in [5.41, 5.74) is 5.78. The summed E-state index contributed by atoms with van der Waals surface area (Å²) in [5.74, 6) is 0.564. The van der Waals surface area contributed by atoms with Crippen molar-refractivity contribution in [3.05, 3.63) is 65.2 Å². The third-order valence-electron chi connectivity index (χ3n) is 4.29. The SMILES string of the molecule is CC(C)c1ccccc1NC1CCc2ccccc2C1. The molecule has 104 valence electrons. The summed E-state index contributed by atoms with van der Waals surface area (Å²) in [5, 5.41) is 3.77. The Hall–Kier alpha value is -1.76. The molecule has 20 heavy (non-hydrogen) atoms. The van der Waals surface area contributed by atoms with Crippen LogP contribution in [-0.2, 0) is 12.8 Å². The number of para-hydroxylation sites is 1. The van der Waals surface area contributed by atoms with E-state index < -0.39 is 0 Å². The van der Waals surface area contributed by atoms with Crippen molar-refractivity contribution in [1.82, 2.24) is 0 Å². The van der Waals surface area contributed by atoms with Crippen LogP contribution in [0.25, 0.3) is 0 Å². The van der Waals surface area contributed by atoms with Crippen LogP contribution in [0.2, 0.25) is 0 Å². The summed E-state index contributed by atoms with van der Waals surface area (Å²) < 4.78 is 0. The van der Waals surface area contributed by atoms with Crippen molar-refractivity contribution in [1.29, 1.82) is 0 Å². The maximum Gasteiger partial charge on any atom is 0.0377 e. The van der Waals surface area contributed by atoms with Crippen LogP contribution in [0.4, 0.5) is 5.69 Å². The zero-order valence-corrected chi connectivity index (χ0v) is 12.4. The van der Waals surface area contributed by atoms with Crippen LogP contribution in [0, 0.1) is 0 Å². The molecule has 2 aromatic carbocycles. The first kappa shape index (κ1) is 13.2. The van der Waals surface area contributed by atoms with Crippen LogP contribution in [0.15, 0.2) is 48.5 Å². The van der Waals surface area contributed by atoms with Crippen LogP contribution in [0.3, 0.4) is 0 Å². The average molecular weight is 265 g/mol. The van der Waals surface area contributed by atoms with Gasteiger partial charge in [0.2, 0.25) is 0 Å². The highest BCUT2D eigenvalue weighted by Crippen LogP contribution is 2.28. The first-order valence-corrected chi connectivity index (χ1v) is 7.66. The number of rotatable bonds is 3. The smallest absolute Gasteiger partial charge is 0.0377 e. The molecule has 0 heterocycles. The molecule has 3 rings (SSSR count). The number of nitrogens with one attached hydrogen (secondary N) is 1. The highest BCUT2D eigenvalue weighted by atomic mass is 14.9. The summed E-state index contributed by atoms with van der Waals surface area (Å²) in [4.78, 5) is 0. The summed E-state index contributed by atoms with van der Waals surface area (Å²) in [6.45, 7) is 4.52. The van der Waals surface area contributed by atoms with Gasteiger partial charge in [-0.1, -0.05) is 56.3 Å². The topological polar surface area (TPSA) is 12.0 Å². The second-order valence-corrected chi connectivity index (χ2v) is 6.09. The van der Waals surface area contributed by atoms with Crippen molar-refractivity contribution in [3.8, 4) is 0 Å². The summed E-state index contributed by atoms with van der Waals surface area (Å²) >= 11 is 0. The molecule has 0 spiro atoms. The van der Waals surface area contributed by atoms with Crippen molar-refractivity contribution < 1.29 is 0 Å². The summed E-state index contributed by atoms with van der Waals surface area (Å²) in [6.07, 6.45) is 3.56. The molecule has 0 radical (unpaired) electrons. The van der Waals surface area contributed by atoms with Crippen molar-refractivity contribution in [2.45, 2.75) is 45.1 Å².